The predicted octanol–water partition coefficient (Wildman–Crippen LogP) is 5.82. The van der Waals surface area contributed by atoms with Crippen molar-refractivity contribution in [3.05, 3.63) is 41.5 Å². The van der Waals surface area contributed by atoms with E-state index in [1.807, 2.05) is 13.8 Å². The van der Waals surface area contributed by atoms with E-state index in [1.165, 1.54) is 18.2 Å². The fourth-order valence-corrected chi connectivity index (χ4v) is 7.95. The highest BCUT2D eigenvalue weighted by molar-refractivity contribution is 6.03. The Morgan fingerprint density at radius 2 is 1.91 bits per heavy atom. The molecule has 9 nitrogen and oxygen atoms in total. The van der Waals surface area contributed by atoms with Crippen LogP contribution >= 0.6 is 0 Å². The van der Waals surface area contributed by atoms with E-state index in [0.29, 0.717) is 53.6 Å². The summed E-state index contributed by atoms with van der Waals surface area (Å²) in [5.74, 6) is -0.734. The Balaban J connectivity index is 1.33. The molecule has 8 rings (SSSR count). The molecule has 248 valence electrons. The van der Waals surface area contributed by atoms with Crippen molar-refractivity contribution in [2.45, 2.75) is 76.2 Å². The van der Waals surface area contributed by atoms with Crippen LogP contribution in [0, 0.1) is 18.6 Å². The number of benzene rings is 2. The average molecular weight is 649 g/mol. The first-order valence-corrected chi connectivity index (χ1v) is 16.6. The monoisotopic (exact) mass is 648 g/mol. The van der Waals surface area contributed by atoms with Gasteiger partial charge < -0.3 is 24.8 Å². The summed E-state index contributed by atoms with van der Waals surface area (Å²) in [6.07, 6.45) is 2.97. The summed E-state index contributed by atoms with van der Waals surface area (Å²) < 4.78 is 59.1. The summed E-state index contributed by atoms with van der Waals surface area (Å²) in [6, 6.07) is 5.76. The number of alkyl halides is 1. The second-order valence-corrected chi connectivity index (χ2v) is 14.1. The average Bonchev–Trinajstić information content (AvgIpc) is 3.53. The molecule has 0 bridgehead atoms. The van der Waals surface area contributed by atoms with E-state index in [-0.39, 0.29) is 52.7 Å². The van der Waals surface area contributed by atoms with Crippen LogP contribution in [0.3, 0.4) is 0 Å². The van der Waals surface area contributed by atoms with E-state index in [0.717, 1.165) is 38.8 Å². The quantitative estimate of drug-likeness (QED) is 0.257. The van der Waals surface area contributed by atoms with Crippen LogP contribution in [0.5, 0.6) is 17.6 Å². The van der Waals surface area contributed by atoms with Gasteiger partial charge in [-0.2, -0.15) is 9.97 Å². The number of aromatic nitrogens is 3. The summed E-state index contributed by atoms with van der Waals surface area (Å²) in [5, 5.41) is 15.6. The van der Waals surface area contributed by atoms with Gasteiger partial charge in [-0.15, -0.1) is 0 Å². The topological polar surface area (TPSA) is 95.9 Å². The van der Waals surface area contributed by atoms with Gasteiger partial charge in [-0.3, -0.25) is 4.90 Å². The van der Waals surface area contributed by atoms with Gasteiger partial charge in [0.1, 0.15) is 46.8 Å². The number of phenols is 1. The van der Waals surface area contributed by atoms with Gasteiger partial charge in [0.2, 0.25) is 5.88 Å². The van der Waals surface area contributed by atoms with Crippen LogP contribution in [0.4, 0.5) is 19.0 Å². The van der Waals surface area contributed by atoms with Crippen LogP contribution in [0.15, 0.2) is 24.3 Å². The lowest BCUT2D eigenvalue weighted by molar-refractivity contribution is 0.107. The van der Waals surface area contributed by atoms with Gasteiger partial charge in [0.15, 0.2) is 5.82 Å². The molecule has 0 unspecified atom stereocenters. The molecule has 2 atom stereocenters. The van der Waals surface area contributed by atoms with E-state index < -0.39 is 23.3 Å². The second kappa shape index (κ2) is 11.1. The number of nitrogens with one attached hydrogen (secondary N) is 1. The van der Waals surface area contributed by atoms with E-state index in [9.17, 15) is 13.9 Å². The zero-order chi connectivity index (χ0) is 32.7. The first kappa shape index (κ1) is 30.4. The first-order valence-electron chi connectivity index (χ1n) is 16.6. The maximum atomic E-state index is 17.1. The van der Waals surface area contributed by atoms with Crippen molar-refractivity contribution in [1.82, 2.24) is 25.2 Å². The number of hydrogen-bond acceptors (Lipinski definition) is 9. The molecule has 0 radical (unpaired) electrons. The van der Waals surface area contributed by atoms with E-state index in [1.54, 1.807) is 13.0 Å². The Morgan fingerprint density at radius 1 is 1.09 bits per heavy atom. The minimum absolute atomic E-state index is 0.00560. The number of pyridine rings is 1. The first-order chi connectivity index (χ1) is 22.5. The molecule has 4 aliphatic rings. The van der Waals surface area contributed by atoms with E-state index in [2.05, 4.69) is 20.1 Å². The number of hydrogen-bond donors (Lipinski definition) is 2. The molecule has 4 aromatic rings. The van der Waals surface area contributed by atoms with Gasteiger partial charge >= 0.3 is 6.01 Å². The van der Waals surface area contributed by atoms with Crippen molar-refractivity contribution in [2.75, 3.05) is 44.2 Å². The molecular formula is C35H39F3N6O3. The number of anilines is 1. The Labute approximate surface area is 271 Å². The number of halogens is 3. The molecule has 47 heavy (non-hydrogen) atoms. The standard InChI is InChI=1S/C35H39F3N6O3/c1-19(2)47-32-27-30(28(38)29(40-32)24-14-23(45)13-21-5-6-25(37)20(3)26(21)24)41-33(42-31(27)43-12-10-39-34(17-43)8-9-34)46-18-35-7-4-11-44(35)16-22(36)15-35/h5-6,13-14,19,22,39,45H,4,7-12,15-18H2,1-3H3/t22-,35+/m1/s1. The molecule has 12 heteroatoms. The van der Waals surface area contributed by atoms with Crippen molar-refractivity contribution < 1.29 is 27.8 Å². The van der Waals surface area contributed by atoms with Crippen LogP contribution in [0.2, 0.25) is 0 Å². The second-order valence-electron chi connectivity index (χ2n) is 14.1. The van der Waals surface area contributed by atoms with Crippen molar-refractivity contribution in [2.24, 2.45) is 0 Å². The Kier molecular flexibility index (Phi) is 7.18. The van der Waals surface area contributed by atoms with E-state index in [4.69, 9.17) is 19.4 Å². The molecule has 3 aliphatic heterocycles. The zero-order valence-corrected chi connectivity index (χ0v) is 26.9. The summed E-state index contributed by atoms with van der Waals surface area (Å²) in [6.45, 7) is 8.73. The van der Waals surface area contributed by atoms with Crippen LogP contribution in [0.25, 0.3) is 32.9 Å². The normalized spacial score (nSPS) is 23.7. The molecule has 2 N–H and O–H groups in total. The van der Waals surface area contributed by atoms with Crippen LogP contribution in [0.1, 0.15) is 51.5 Å². The predicted molar refractivity (Wildman–Crippen MR) is 173 cm³/mol. The Hall–Kier alpha value is -3.90. The lowest BCUT2D eigenvalue weighted by atomic mass is 9.95. The number of piperazine rings is 1. The molecule has 0 amide bonds. The maximum Gasteiger partial charge on any atom is 0.319 e. The Morgan fingerprint density at radius 3 is 2.70 bits per heavy atom. The smallest absolute Gasteiger partial charge is 0.319 e. The number of aryl methyl sites for hydroxylation is 1. The summed E-state index contributed by atoms with van der Waals surface area (Å²) >= 11 is 0. The number of rotatable bonds is 7. The minimum atomic E-state index is -0.921. The van der Waals surface area contributed by atoms with Crippen LogP contribution < -0.4 is 19.7 Å². The summed E-state index contributed by atoms with van der Waals surface area (Å²) in [4.78, 5) is 18.5. The number of ether oxygens (including phenoxy) is 2. The highest BCUT2D eigenvalue weighted by Gasteiger charge is 2.50. The third-order valence-corrected chi connectivity index (χ3v) is 10.4. The summed E-state index contributed by atoms with van der Waals surface area (Å²) in [7, 11) is 0. The highest BCUT2D eigenvalue weighted by Crippen LogP contribution is 2.45. The molecule has 3 saturated heterocycles. The van der Waals surface area contributed by atoms with Crippen molar-refractivity contribution in [1.29, 1.82) is 0 Å². The number of aromatic hydroxyl groups is 1. The molecule has 1 saturated carbocycles. The SMILES string of the molecule is Cc1c(F)ccc2cc(O)cc(-c3nc(OC(C)C)c4c(N5CCNC6(CC6)C5)nc(OC[C@@]56CCCN5C[C@H](F)C6)nc4c3F)c12. The van der Waals surface area contributed by atoms with Gasteiger partial charge in [0, 0.05) is 43.7 Å². The lowest BCUT2D eigenvalue weighted by Gasteiger charge is -2.36. The third kappa shape index (κ3) is 5.20. The molecule has 2 aromatic heterocycles. The van der Waals surface area contributed by atoms with Crippen LogP contribution in [-0.4, -0.2) is 87.6 Å². The molecule has 5 heterocycles. The zero-order valence-electron chi connectivity index (χ0n) is 26.9. The fourth-order valence-electron chi connectivity index (χ4n) is 7.95. The number of phenolic OH excluding ortho intramolecular Hbond substituents is 1. The molecular weight excluding hydrogens is 609 g/mol. The van der Waals surface area contributed by atoms with Crippen molar-refractivity contribution in [3.63, 3.8) is 0 Å². The Bertz CT molecular complexity index is 1900. The van der Waals surface area contributed by atoms with E-state index >= 15 is 4.39 Å². The van der Waals surface area contributed by atoms with Crippen LogP contribution in [-0.2, 0) is 0 Å². The number of nitrogens with zero attached hydrogens (tertiary/aromatic N) is 5. The lowest BCUT2D eigenvalue weighted by Crippen LogP contribution is -2.53. The molecule has 1 spiro atoms. The summed E-state index contributed by atoms with van der Waals surface area (Å²) in [5.41, 5.74) is -0.124. The molecule has 1 aliphatic carbocycles. The maximum absolute atomic E-state index is 17.1. The molecule has 4 fully saturated rings. The largest absolute Gasteiger partial charge is 0.508 e. The third-order valence-electron chi connectivity index (χ3n) is 10.4. The van der Waals surface area contributed by atoms with Crippen molar-refractivity contribution >= 4 is 27.5 Å². The highest BCUT2D eigenvalue weighted by atomic mass is 19.1. The fraction of sp³-hybridized carbons (Fsp3) is 0.514. The number of fused-ring (bicyclic) bond motifs is 3. The van der Waals surface area contributed by atoms with Gasteiger partial charge in [0.25, 0.3) is 0 Å². The van der Waals surface area contributed by atoms with Gasteiger partial charge in [0.05, 0.1) is 11.6 Å². The van der Waals surface area contributed by atoms with Gasteiger partial charge in [-0.05, 0) is 87.5 Å². The van der Waals surface area contributed by atoms with Gasteiger partial charge in [-0.1, -0.05) is 6.07 Å². The van der Waals surface area contributed by atoms with Gasteiger partial charge in [-0.25, -0.2) is 18.2 Å². The molecule has 2 aromatic carbocycles. The minimum Gasteiger partial charge on any atom is -0.508 e. The van der Waals surface area contributed by atoms with Crippen molar-refractivity contribution in [3.8, 4) is 28.9 Å².